The molecule has 0 fully saturated rings. The van der Waals surface area contributed by atoms with Gasteiger partial charge in [-0.2, -0.15) is 0 Å². The van der Waals surface area contributed by atoms with Crippen molar-refractivity contribution in [3.8, 4) is 0 Å². The molecule has 0 radical (unpaired) electrons. The van der Waals surface area contributed by atoms with Gasteiger partial charge in [0.05, 0.1) is 4.90 Å². The number of nitrogens with zero attached hydrogens (tertiary/aromatic N) is 1. The van der Waals surface area contributed by atoms with Crippen LogP contribution in [0.5, 0.6) is 0 Å². The minimum Gasteiger partial charge on any atom is -0.480 e. The largest absolute Gasteiger partial charge is 0.480 e. The first-order valence-corrected chi connectivity index (χ1v) is 9.09. The number of hydrogen-bond donors (Lipinski definition) is 2. The third-order valence-corrected chi connectivity index (χ3v) is 5.46. The lowest BCUT2D eigenvalue weighted by atomic mass is 10.2. The minimum atomic E-state index is -3.72. The summed E-state index contributed by atoms with van der Waals surface area (Å²) >= 11 is 0. The van der Waals surface area contributed by atoms with Crippen LogP contribution in [-0.4, -0.2) is 55.1 Å². The number of carboxylic acid groups (broad SMARTS) is 1. The highest BCUT2D eigenvalue weighted by atomic mass is 32.2. The molecule has 1 amide bonds. The fraction of sp³-hybridized carbons (Fsp3) is 0.438. The maximum atomic E-state index is 12.4. The van der Waals surface area contributed by atoms with E-state index in [-0.39, 0.29) is 30.1 Å². The first-order chi connectivity index (χ1) is 11.6. The highest BCUT2D eigenvalue weighted by molar-refractivity contribution is 7.89. The molecule has 0 aliphatic rings. The Morgan fingerprint density at radius 1 is 1.20 bits per heavy atom. The highest BCUT2D eigenvalue weighted by Crippen LogP contribution is 2.16. The first kappa shape index (κ1) is 20.8. The molecule has 9 heteroatoms. The van der Waals surface area contributed by atoms with Crippen molar-refractivity contribution in [2.45, 2.75) is 37.6 Å². The van der Waals surface area contributed by atoms with Crippen molar-refractivity contribution < 1.29 is 27.9 Å². The average Bonchev–Trinajstić information content (AvgIpc) is 2.54. The van der Waals surface area contributed by atoms with Gasteiger partial charge in [0.15, 0.2) is 5.78 Å². The van der Waals surface area contributed by atoms with Gasteiger partial charge >= 0.3 is 5.97 Å². The van der Waals surface area contributed by atoms with Gasteiger partial charge in [0, 0.05) is 25.6 Å². The molecule has 8 nitrogen and oxygen atoms in total. The smallest absolute Gasteiger partial charge is 0.325 e. The predicted molar refractivity (Wildman–Crippen MR) is 90.7 cm³/mol. The maximum absolute atomic E-state index is 12.4. The van der Waals surface area contributed by atoms with Crippen LogP contribution in [0.15, 0.2) is 29.2 Å². The van der Waals surface area contributed by atoms with Gasteiger partial charge in [-0.1, -0.05) is 12.1 Å². The predicted octanol–water partition coefficient (Wildman–Crippen LogP) is 0.879. The maximum Gasteiger partial charge on any atom is 0.325 e. The van der Waals surface area contributed by atoms with Crippen molar-refractivity contribution in [1.82, 2.24) is 9.62 Å². The Kier molecular flexibility index (Phi) is 7.25. The summed E-state index contributed by atoms with van der Waals surface area (Å²) < 4.78 is 26.0. The third-order valence-electron chi connectivity index (χ3n) is 3.59. The SMILES string of the molecule is CC(=O)c1ccc(S(=O)(=O)N(C)CCCC(=O)NC(C)C(=O)O)cc1. The Morgan fingerprint density at radius 3 is 2.24 bits per heavy atom. The van der Waals surface area contributed by atoms with E-state index in [2.05, 4.69) is 5.32 Å². The molecule has 1 aromatic carbocycles. The van der Waals surface area contributed by atoms with Crippen molar-refractivity contribution in [3.05, 3.63) is 29.8 Å². The number of carbonyl (C=O) groups excluding carboxylic acids is 2. The lowest BCUT2D eigenvalue weighted by molar-refractivity contribution is -0.141. The van der Waals surface area contributed by atoms with Gasteiger partial charge in [0.1, 0.15) is 6.04 Å². The number of carboxylic acids is 1. The minimum absolute atomic E-state index is 0.0146. The molecule has 0 aliphatic heterocycles. The quantitative estimate of drug-likeness (QED) is 0.623. The number of benzene rings is 1. The summed E-state index contributed by atoms with van der Waals surface area (Å²) in [6.07, 6.45) is 0.264. The molecule has 138 valence electrons. The van der Waals surface area contributed by atoms with Crippen molar-refractivity contribution in [2.24, 2.45) is 0 Å². The second-order valence-electron chi connectivity index (χ2n) is 5.64. The molecule has 0 aliphatic carbocycles. The molecule has 1 unspecified atom stereocenters. The van der Waals surface area contributed by atoms with E-state index in [1.165, 1.54) is 45.2 Å². The summed E-state index contributed by atoms with van der Waals surface area (Å²) in [6, 6.07) is 4.63. The Balaban J connectivity index is 2.60. The van der Waals surface area contributed by atoms with E-state index in [1.807, 2.05) is 0 Å². The van der Waals surface area contributed by atoms with E-state index < -0.39 is 27.9 Å². The molecule has 0 heterocycles. The molecule has 0 spiro atoms. The molecule has 1 atom stereocenters. The van der Waals surface area contributed by atoms with Gasteiger partial charge in [-0.05, 0) is 32.4 Å². The summed E-state index contributed by atoms with van der Waals surface area (Å²) in [4.78, 5) is 33.5. The van der Waals surface area contributed by atoms with E-state index in [4.69, 9.17) is 5.11 Å². The Labute approximate surface area is 146 Å². The zero-order chi connectivity index (χ0) is 19.2. The summed E-state index contributed by atoms with van der Waals surface area (Å²) in [5.74, 6) is -1.74. The zero-order valence-electron chi connectivity index (χ0n) is 14.4. The van der Waals surface area contributed by atoms with Gasteiger partial charge in [-0.15, -0.1) is 0 Å². The standard InChI is InChI=1S/C16H22N2O6S/c1-11(16(21)22)17-15(20)5-4-10-18(3)25(23,24)14-8-6-13(7-9-14)12(2)19/h6-9,11H,4-5,10H2,1-3H3,(H,17,20)(H,21,22). The van der Waals surface area contributed by atoms with Crippen LogP contribution in [0.3, 0.4) is 0 Å². The normalized spacial score (nSPS) is 12.6. The molecule has 0 saturated heterocycles. The van der Waals surface area contributed by atoms with Crippen molar-refractivity contribution >= 4 is 27.7 Å². The van der Waals surface area contributed by atoms with Crippen molar-refractivity contribution in [1.29, 1.82) is 0 Å². The fourth-order valence-corrected chi connectivity index (χ4v) is 3.21. The molecule has 0 saturated carbocycles. The molecular formula is C16H22N2O6S. The molecular weight excluding hydrogens is 348 g/mol. The Bertz CT molecular complexity index is 742. The van der Waals surface area contributed by atoms with Crippen LogP contribution in [0.4, 0.5) is 0 Å². The van der Waals surface area contributed by atoms with E-state index in [0.717, 1.165) is 4.31 Å². The van der Waals surface area contributed by atoms with Crippen LogP contribution in [0, 0.1) is 0 Å². The summed E-state index contributed by atoms with van der Waals surface area (Å²) in [5, 5.41) is 11.0. The van der Waals surface area contributed by atoms with Crippen LogP contribution >= 0.6 is 0 Å². The molecule has 25 heavy (non-hydrogen) atoms. The van der Waals surface area contributed by atoms with Gasteiger partial charge in [0.2, 0.25) is 15.9 Å². The van der Waals surface area contributed by atoms with Crippen LogP contribution in [0.1, 0.15) is 37.0 Å². The van der Waals surface area contributed by atoms with E-state index in [0.29, 0.717) is 5.56 Å². The van der Waals surface area contributed by atoms with Gasteiger partial charge in [-0.25, -0.2) is 12.7 Å². The third kappa shape index (κ3) is 5.95. The van der Waals surface area contributed by atoms with E-state index >= 15 is 0 Å². The van der Waals surface area contributed by atoms with E-state index in [9.17, 15) is 22.8 Å². The average molecular weight is 370 g/mol. The number of carbonyl (C=O) groups is 3. The second kappa shape index (κ2) is 8.72. The van der Waals surface area contributed by atoms with Crippen LogP contribution in [-0.2, 0) is 19.6 Å². The summed E-state index contributed by atoms with van der Waals surface area (Å²) in [6.45, 7) is 2.85. The van der Waals surface area contributed by atoms with E-state index in [1.54, 1.807) is 0 Å². The molecule has 2 N–H and O–H groups in total. The lowest BCUT2D eigenvalue weighted by Gasteiger charge is -2.17. The number of hydrogen-bond acceptors (Lipinski definition) is 5. The second-order valence-corrected chi connectivity index (χ2v) is 7.68. The summed E-state index contributed by atoms with van der Waals surface area (Å²) in [5.41, 5.74) is 0.422. The van der Waals surface area contributed by atoms with Gasteiger partial charge in [-0.3, -0.25) is 14.4 Å². The molecule has 0 bridgehead atoms. The molecule has 1 aromatic rings. The highest BCUT2D eigenvalue weighted by Gasteiger charge is 2.21. The number of aliphatic carboxylic acids is 1. The fourth-order valence-electron chi connectivity index (χ4n) is 2.00. The topological polar surface area (TPSA) is 121 Å². The Morgan fingerprint density at radius 2 is 1.76 bits per heavy atom. The van der Waals surface area contributed by atoms with Crippen LogP contribution in [0.25, 0.3) is 0 Å². The van der Waals surface area contributed by atoms with Crippen molar-refractivity contribution in [2.75, 3.05) is 13.6 Å². The van der Waals surface area contributed by atoms with Crippen LogP contribution in [0.2, 0.25) is 0 Å². The monoisotopic (exact) mass is 370 g/mol. The Hall–Kier alpha value is -2.26. The number of ketones is 1. The first-order valence-electron chi connectivity index (χ1n) is 7.65. The number of sulfonamides is 1. The van der Waals surface area contributed by atoms with Crippen molar-refractivity contribution in [3.63, 3.8) is 0 Å². The number of rotatable bonds is 9. The van der Waals surface area contributed by atoms with Gasteiger partial charge in [0.25, 0.3) is 0 Å². The van der Waals surface area contributed by atoms with Crippen LogP contribution < -0.4 is 5.32 Å². The number of nitrogens with one attached hydrogen (secondary N) is 1. The number of Topliss-reactive ketones (excluding diaryl/α,β-unsaturated/α-hetero) is 1. The summed E-state index contributed by atoms with van der Waals surface area (Å²) in [7, 11) is -2.32. The number of amides is 1. The molecule has 0 aromatic heterocycles. The van der Waals surface area contributed by atoms with Gasteiger partial charge < -0.3 is 10.4 Å². The lowest BCUT2D eigenvalue weighted by Crippen LogP contribution is -2.38. The molecule has 1 rings (SSSR count). The zero-order valence-corrected chi connectivity index (χ0v) is 15.2.